The molecule has 0 amide bonds. The highest BCUT2D eigenvalue weighted by atomic mass is 16.5. The smallest absolute Gasteiger partial charge is 0.124 e. The molecule has 1 aromatic rings. The second-order valence-electron chi connectivity index (χ2n) is 4.33. The Bertz CT molecular complexity index is 381. The van der Waals surface area contributed by atoms with Gasteiger partial charge >= 0.3 is 0 Å². The molecule has 4 heteroatoms. The van der Waals surface area contributed by atoms with E-state index in [9.17, 15) is 5.11 Å². The molecule has 1 aliphatic heterocycles. The summed E-state index contributed by atoms with van der Waals surface area (Å²) in [6, 6.07) is 5.74. The minimum absolute atomic E-state index is 0.238. The van der Waals surface area contributed by atoms with E-state index in [1.165, 1.54) is 0 Å². The van der Waals surface area contributed by atoms with Crippen LogP contribution in [0.5, 0.6) is 11.5 Å². The second-order valence-corrected chi connectivity index (χ2v) is 4.33. The number of phenols is 1. The van der Waals surface area contributed by atoms with Gasteiger partial charge in [0.1, 0.15) is 11.5 Å². The molecule has 2 rings (SSSR count). The maximum absolute atomic E-state index is 9.66. The predicted octanol–water partition coefficient (Wildman–Crippen LogP) is 2.02. The van der Waals surface area contributed by atoms with Crippen LogP contribution in [-0.2, 0) is 4.74 Å². The van der Waals surface area contributed by atoms with Gasteiger partial charge in [-0.3, -0.25) is 0 Å². The zero-order valence-corrected chi connectivity index (χ0v) is 10.3. The van der Waals surface area contributed by atoms with Crippen LogP contribution in [0.15, 0.2) is 18.2 Å². The number of nitrogens with zero attached hydrogens (tertiary/aromatic N) is 1. The van der Waals surface area contributed by atoms with Crippen LogP contribution in [0.1, 0.15) is 12.8 Å². The summed E-state index contributed by atoms with van der Waals surface area (Å²) < 4.78 is 10.4. The van der Waals surface area contributed by atoms with Crippen LogP contribution in [0.2, 0.25) is 0 Å². The van der Waals surface area contributed by atoms with E-state index in [2.05, 4.69) is 4.90 Å². The molecule has 0 aliphatic carbocycles. The number of methoxy groups -OCH3 is 2. The van der Waals surface area contributed by atoms with Crippen molar-refractivity contribution in [3.8, 4) is 11.5 Å². The molecule has 17 heavy (non-hydrogen) atoms. The third-order valence-electron chi connectivity index (χ3n) is 3.18. The van der Waals surface area contributed by atoms with Gasteiger partial charge < -0.3 is 19.5 Å². The maximum Gasteiger partial charge on any atom is 0.124 e. The fraction of sp³-hybridized carbons (Fsp3) is 0.538. The van der Waals surface area contributed by atoms with Crippen LogP contribution in [0, 0.1) is 0 Å². The maximum atomic E-state index is 9.66. The van der Waals surface area contributed by atoms with Gasteiger partial charge in [0.25, 0.3) is 0 Å². The Hall–Kier alpha value is -1.42. The fourth-order valence-electron chi connectivity index (χ4n) is 2.39. The molecular formula is C13H19NO3. The first-order chi connectivity index (χ1) is 8.24. The highest BCUT2D eigenvalue weighted by Crippen LogP contribution is 2.32. The number of anilines is 1. The Morgan fingerprint density at radius 2 is 2.18 bits per heavy atom. The average Bonchev–Trinajstić information content (AvgIpc) is 2.77. The summed E-state index contributed by atoms with van der Waals surface area (Å²) in [5.41, 5.74) is 1.00. The second kappa shape index (κ2) is 5.27. The van der Waals surface area contributed by atoms with Gasteiger partial charge in [-0.1, -0.05) is 0 Å². The van der Waals surface area contributed by atoms with Gasteiger partial charge in [-0.2, -0.15) is 0 Å². The van der Waals surface area contributed by atoms with Gasteiger partial charge in [0.15, 0.2) is 0 Å². The zero-order chi connectivity index (χ0) is 12.3. The summed E-state index contributed by atoms with van der Waals surface area (Å²) in [6.45, 7) is 1.72. The van der Waals surface area contributed by atoms with E-state index >= 15 is 0 Å². The van der Waals surface area contributed by atoms with E-state index < -0.39 is 0 Å². The van der Waals surface area contributed by atoms with Crippen LogP contribution in [0.25, 0.3) is 0 Å². The molecule has 1 atom stereocenters. The SMILES string of the molecule is COCC1CCCN1c1cc(O)cc(OC)c1. The number of rotatable bonds is 4. The van der Waals surface area contributed by atoms with Gasteiger partial charge in [0.05, 0.1) is 19.8 Å². The molecule has 0 bridgehead atoms. The van der Waals surface area contributed by atoms with E-state index in [0.717, 1.165) is 31.7 Å². The molecule has 1 aromatic carbocycles. The molecule has 0 spiro atoms. The molecule has 0 radical (unpaired) electrons. The lowest BCUT2D eigenvalue weighted by Crippen LogP contribution is -2.32. The van der Waals surface area contributed by atoms with Crippen LogP contribution >= 0.6 is 0 Å². The number of aromatic hydroxyl groups is 1. The van der Waals surface area contributed by atoms with Crippen molar-refractivity contribution in [2.45, 2.75) is 18.9 Å². The van der Waals surface area contributed by atoms with Crippen LogP contribution < -0.4 is 9.64 Å². The number of phenolic OH excluding ortho intramolecular Hbond substituents is 1. The third kappa shape index (κ3) is 2.64. The number of ether oxygens (including phenoxy) is 2. The zero-order valence-electron chi connectivity index (χ0n) is 10.3. The first kappa shape index (κ1) is 12.0. The summed E-state index contributed by atoms with van der Waals surface area (Å²) in [5, 5.41) is 9.66. The first-order valence-electron chi connectivity index (χ1n) is 5.88. The molecule has 1 fully saturated rings. The molecule has 1 aliphatic rings. The Balaban J connectivity index is 2.23. The normalized spacial score (nSPS) is 19.6. The molecular weight excluding hydrogens is 218 g/mol. The van der Waals surface area contributed by atoms with E-state index in [4.69, 9.17) is 9.47 Å². The summed E-state index contributed by atoms with van der Waals surface area (Å²) in [4.78, 5) is 2.27. The molecule has 1 heterocycles. The Labute approximate surface area is 102 Å². The standard InChI is InChI=1S/C13H19NO3/c1-16-9-10-4-3-5-14(10)11-6-12(15)8-13(7-11)17-2/h6-8,10,15H,3-5,9H2,1-2H3. The minimum atomic E-state index is 0.238. The van der Waals surface area contributed by atoms with Crippen molar-refractivity contribution in [2.24, 2.45) is 0 Å². The quantitative estimate of drug-likeness (QED) is 0.870. The highest BCUT2D eigenvalue weighted by Gasteiger charge is 2.25. The van der Waals surface area contributed by atoms with Gasteiger partial charge in [-0.05, 0) is 12.8 Å². The minimum Gasteiger partial charge on any atom is -0.508 e. The topological polar surface area (TPSA) is 41.9 Å². The van der Waals surface area contributed by atoms with Crippen molar-refractivity contribution in [1.29, 1.82) is 0 Å². The lowest BCUT2D eigenvalue weighted by atomic mass is 10.2. The highest BCUT2D eigenvalue weighted by molar-refractivity contribution is 5.56. The number of benzene rings is 1. The van der Waals surface area contributed by atoms with E-state index in [0.29, 0.717) is 11.8 Å². The van der Waals surface area contributed by atoms with Crippen LogP contribution in [-0.4, -0.2) is 38.5 Å². The Morgan fingerprint density at radius 1 is 1.35 bits per heavy atom. The summed E-state index contributed by atoms with van der Waals surface area (Å²) in [7, 11) is 3.33. The van der Waals surface area contributed by atoms with Crippen molar-refractivity contribution in [3.63, 3.8) is 0 Å². The van der Waals surface area contributed by atoms with Gasteiger partial charge in [0.2, 0.25) is 0 Å². The lowest BCUT2D eigenvalue weighted by Gasteiger charge is -2.26. The Morgan fingerprint density at radius 3 is 2.88 bits per heavy atom. The molecule has 0 saturated carbocycles. The average molecular weight is 237 g/mol. The van der Waals surface area contributed by atoms with Gasteiger partial charge in [-0.25, -0.2) is 0 Å². The molecule has 0 aromatic heterocycles. The summed E-state index contributed by atoms with van der Waals surface area (Å²) >= 11 is 0. The largest absolute Gasteiger partial charge is 0.508 e. The summed E-state index contributed by atoms with van der Waals surface area (Å²) in [6.07, 6.45) is 2.29. The molecule has 1 unspecified atom stereocenters. The molecule has 1 saturated heterocycles. The van der Waals surface area contributed by atoms with Crippen molar-refractivity contribution >= 4 is 5.69 Å². The molecule has 4 nitrogen and oxygen atoms in total. The van der Waals surface area contributed by atoms with E-state index in [1.54, 1.807) is 26.4 Å². The van der Waals surface area contributed by atoms with Crippen LogP contribution in [0.3, 0.4) is 0 Å². The monoisotopic (exact) mass is 237 g/mol. The first-order valence-corrected chi connectivity index (χ1v) is 5.88. The van der Waals surface area contributed by atoms with Crippen molar-refractivity contribution in [3.05, 3.63) is 18.2 Å². The van der Waals surface area contributed by atoms with Crippen molar-refractivity contribution in [2.75, 3.05) is 32.3 Å². The third-order valence-corrected chi connectivity index (χ3v) is 3.18. The van der Waals surface area contributed by atoms with E-state index in [-0.39, 0.29) is 5.75 Å². The van der Waals surface area contributed by atoms with Gasteiger partial charge in [0, 0.05) is 37.5 Å². The number of hydrogen-bond donors (Lipinski definition) is 1. The van der Waals surface area contributed by atoms with Crippen LogP contribution in [0.4, 0.5) is 5.69 Å². The Kier molecular flexibility index (Phi) is 3.74. The predicted molar refractivity (Wildman–Crippen MR) is 66.9 cm³/mol. The fourth-order valence-corrected chi connectivity index (χ4v) is 2.39. The molecule has 1 N–H and O–H groups in total. The lowest BCUT2D eigenvalue weighted by molar-refractivity contribution is 0.181. The van der Waals surface area contributed by atoms with Crippen molar-refractivity contribution in [1.82, 2.24) is 0 Å². The summed E-state index contributed by atoms with van der Waals surface area (Å²) in [5.74, 6) is 0.922. The number of hydrogen-bond acceptors (Lipinski definition) is 4. The molecule has 94 valence electrons. The van der Waals surface area contributed by atoms with Crippen molar-refractivity contribution < 1.29 is 14.6 Å². The van der Waals surface area contributed by atoms with Gasteiger partial charge in [-0.15, -0.1) is 0 Å². The van der Waals surface area contributed by atoms with E-state index in [1.807, 2.05) is 6.07 Å².